The molecule has 10 aromatic rings. The van der Waals surface area contributed by atoms with E-state index in [1.54, 1.807) is 0 Å². The second-order valence-electron chi connectivity index (χ2n) is 14.5. The minimum Gasteiger partial charge on any atom is -0.309 e. The van der Waals surface area contributed by atoms with E-state index in [0.717, 1.165) is 88.2 Å². The summed E-state index contributed by atoms with van der Waals surface area (Å²) in [5.41, 5.74) is 11.4. The Labute approximate surface area is 330 Å². The first-order chi connectivity index (χ1) is 28.1. The average molecular weight is 748 g/mol. The minimum absolute atomic E-state index is 0.639. The maximum Gasteiger partial charge on any atom is 0.172 e. The molecule has 0 spiro atoms. The number of hydrogen-bond acceptors (Lipinski definition) is 3. The molecule has 0 saturated heterocycles. The normalized spacial score (nSPS) is 14.5. The number of para-hydroxylation sites is 1. The highest BCUT2D eigenvalue weighted by atomic mass is 31.2. The molecule has 8 aromatic carbocycles. The highest BCUT2D eigenvalue weighted by Gasteiger charge is 2.40. The summed E-state index contributed by atoms with van der Waals surface area (Å²) in [5, 5.41) is 4.73. The van der Waals surface area contributed by atoms with Gasteiger partial charge in [0.05, 0.1) is 16.7 Å². The Morgan fingerprint density at radius 3 is 1.61 bits per heavy atom. The van der Waals surface area contributed by atoms with Crippen molar-refractivity contribution in [2.75, 3.05) is 0 Å². The van der Waals surface area contributed by atoms with Crippen molar-refractivity contribution >= 4 is 44.9 Å². The molecule has 57 heavy (non-hydrogen) atoms. The fourth-order valence-corrected chi connectivity index (χ4v) is 11.6. The Bertz CT molecular complexity index is 3070. The first-order valence-corrected chi connectivity index (χ1v) is 20.9. The molecule has 1 aliphatic heterocycles. The maximum absolute atomic E-state index is 15.5. The topological polar surface area (TPSA) is 47.8 Å². The van der Waals surface area contributed by atoms with Gasteiger partial charge in [0.15, 0.2) is 13.0 Å². The van der Waals surface area contributed by atoms with Crippen LogP contribution in [0.2, 0.25) is 0 Å². The van der Waals surface area contributed by atoms with Crippen molar-refractivity contribution in [3.63, 3.8) is 0 Å². The number of nitrogens with zero attached hydrogens (tertiary/aromatic N) is 3. The third-order valence-corrected chi connectivity index (χ3v) is 14.4. The molecule has 5 heteroatoms. The van der Waals surface area contributed by atoms with Crippen LogP contribution in [0.3, 0.4) is 0 Å². The van der Waals surface area contributed by atoms with Crippen molar-refractivity contribution in [2.45, 2.75) is 0 Å². The largest absolute Gasteiger partial charge is 0.309 e. The van der Waals surface area contributed by atoms with Crippen LogP contribution >= 0.6 is 7.14 Å². The summed E-state index contributed by atoms with van der Waals surface area (Å²) in [6.45, 7) is 0. The molecule has 3 heterocycles. The predicted octanol–water partition coefficient (Wildman–Crippen LogP) is 11.9. The van der Waals surface area contributed by atoms with E-state index in [2.05, 4.69) is 150 Å². The summed E-state index contributed by atoms with van der Waals surface area (Å²) >= 11 is 0. The molecule has 0 bridgehead atoms. The van der Waals surface area contributed by atoms with Crippen LogP contribution in [0.25, 0.3) is 83.6 Å². The summed E-state index contributed by atoms with van der Waals surface area (Å²) in [4.78, 5) is 10.6. The van der Waals surface area contributed by atoms with E-state index < -0.39 is 7.14 Å². The fourth-order valence-electron chi connectivity index (χ4n) is 8.48. The Balaban J connectivity index is 1.14. The number of hydrogen-bond donors (Lipinski definition) is 0. The molecule has 268 valence electrons. The number of fused-ring (bicyclic) bond motifs is 6. The van der Waals surface area contributed by atoms with Gasteiger partial charge in [0.25, 0.3) is 0 Å². The fraction of sp³-hybridized carbons (Fsp3) is 0. The maximum atomic E-state index is 15.5. The first-order valence-electron chi connectivity index (χ1n) is 19.2. The van der Waals surface area contributed by atoms with Crippen LogP contribution in [0.15, 0.2) is 206 Å². The van der Waals surface area contributed by atoms with E-state index in [1.807, 2.05) is 60.7 Å². The van der Waals surface area contributed by atoms with Crippen molar-refractivity contribution in [1.82, 2.24) is 14.5 Å². The molecule has 0 N–H and O–H groups in total. The SMILES string of the molecule is O=P1(c2ccccc2)c2ccccc2-c2cc3c(cc21)c1ccccc1n3-c1cc(-c2ccc(-c3ccccc3)cc2)nc(-c2ccc(-c3ccccc3)cc2)n1. The smallest absolute Gasteiger partial charge is 0.172 e. The quantitative estimate of drug-likeness (QED) is 0.159. The van der Waals surface area contributed by atoms with Crippen LogP contribution in [-0.2, 0) is 4.57 Å². The standard InChI is InChI=1S/C52H34N3OP/c56-57(41-18-8-3-9-19-41)49-23-13-11-21-43(49)45-32-48-44(33-50(45)57)42-20-10-12-22-47(42)55(48)51-34-46(39-28-24-37(25-29-39)35-14-4-1-5-15-35)53-52(54-51)40-30-26-38(27-31-40)36-16-6-2-7-17-36/h1-34H. The highest BCUT2D eigenvalue weighted by molar-refractivity contribution is 7.86. The summed E-state index contributed by atoms with van der Waals surface area (Å²) in [6, 6.07) is 71.0. The Kier molecular flexibility index (Phi) is 7.73. The van der Waals surface area contributed by atoms with Gasteiger partial charge in [-0.25, -0.2) is 9.97 Å². The first kappa shape index (κ1) is 33.2. The van der Waals surface area contributed by atoms with Crippen LogP contribution in [-0.4, -0.2) is 14.5 Å². The van der Waals surface area contributed by atoms with Gasteiger partial charge in [0.1, 0.15) is 5.82 Å². The van der Waals surface area contributed by atoms with Gasteiger partial charge >= 0.3 is 0 Å². The van der Waals surface area contributed by atoms with E-state index in [4.69, 9.17) is 9.97 Å². The van der Waals surface area contributed by atoms with E-state index >= 15 is 4.57 Å². The molecule has 1 aliphatic rings. The van der Waals surface area contributed by atoms with Gasteiger partial charge in [0.2, 0.25) is 0 Å². The average Bonchev–Trinajstić information content (AvgIpc) is 3.75. The van der Waals surface area contributed by atoms with Crippen molar-refractivity contribution in [3.05, 3.63) is 206 Å². The van der Waals surface area contributed by atoms with Gasteiger partial charge in [-0.3, -0.25) is 4.57 Å². The zero-order chi connectivity index (χ0) is 37.9. The van der Waals surface area contributed by atoms with E-state index in [9.17, 15) is 0 Å². The van der Waals surface area contributed by atoms with Gasteiger partial charge in [0, 0.05) is 43.9 Å². The zero-order valence-electron chi connectivity index (χ0n) is 30.8. The van der Waals surface area contributed by atoms with Crippen LogP contribution in [0, 0.1) is 0 Å². The second kappa shape index (κ2) is 13.3. The van der Waals surface area contributed by atoms with Gasteiger partial charge in [-0.2, -0.15) is 0 Å². The third-order valence-electron chi connectivity index (χ3n) is 11.3. The Morgan fingerprint density at radius 1 is 0.386 bits per heavy atom. The molecule has 1 atom stereocenters. The van der Waals surface area contributed by atoms with Crippen molar-refractivity contribution in [3.8, 4) is 61.8 Å². The van der Waals surface area contributed by atoms with Crippen LogP contribution in [0.4, 0.5) is 0 Å². The highest BCUT2D eigenvalue weighted by Crippen LogP contribution is 2.53. The van der Waals surface area contributed by atoms with Gasteiger partial charge in [-0.05, 0) is 51.6 Å². The Morgan fingerprint density at radius 2 is 0.930 bits per heavy atom. The van der Waals surface area contributed by atoms with Crippen molar-refractivity contribution < 1.29 is 4.57 Å². The molecule has 11 rings (SSSR count). The molecule has 0 amide bonds. The van der Waals surface area contributed by atoms with Crippen LogP contribution in [0.5, 0.6) is 0 Å². The van der Waals surface area contributed by atoms with Crippen molar-refractivity contribution in [2.24, 2.45) is 0 Å². The van der Waals surface area contributed by atoms with E-state index in [0.29, 0.717) is 5.82 Å². The van der Waals surface area contributed by atoms with Crippen LogP contribution < -0.4 is 15.9 Å². The van der Waals surface area contributed by atoms with E-state index in [1.165, 1.54) is 5.56 Å². The molecule has 0 fully saturated rings. The monoisotopic (exact) mass is 747 g/mol. The van der Waals surface area contributed by atoms with E-state index in [-0.39, 0.29) is 0 Å². The summed E-state index contributed by atoms with van der Waals surface area (Å²) in [7, 11) is -3.13. The minimum atomic E-state index is -3.13. The van der Waals surface area contributed by atoms with Gasteiger partial charge < -0.3 is 4.57 Å². The molecule has 1 unspecified atom stereocenters. The second-order valence-corrected chi connectivity index (χ2v) is 17.2. The predicted molar refractivity (Wildman–Crippen MR) is 237 cm³/mol. The lowest BCUT2D eigenvalue weighted by atomic mass is 10.0. The summed E-state index contributed by atoms with van der Waals surface area (Å²) < 4.78 is 17.8. The molecule has 0 aliphatic carbocycles. The number of benzene rings is 8. The molecule has 0 radical (unpaired) electrons. The van der Waals surface area contributed by atoms with Gasteiger partial charge in [-0.15, -0.1) is 0 Å². The molecule has 0 saturated carbocycles. The zero-order valence-corrected chi connectivity index (χ0v) is 31.7. The number of rotatable bonds is 6. The molecule has 4 nitrogen and oxygen atoms in total. The number of aromatic nitrogens is 3. The molecule has 2 aromatic heterocycles. The van der Waals surface area contributed by atoms with Crippen LogP contribution in [0.1, 0.15) is 0 Å². The molecular weight excluding hydrogens is 714 g/mol. The lowest BCUT2D eigenvalue weighted by molar-refractivity contribution is 0.593. The lowest BCUT2D eigenvalue weighted by Gasteiger charge is -2.16. The summed E-state index contributed by atoms with van der Waals surface area (Å²) in [5.74, 6) is 1.40. The van der Waals surface area contributed by atoms with Gasteiger partial charge in [-0.1, -0.05) is 182 Å². The lowest BCUT2D eigenvalue weighted by Crippen LogP contribution is -2.20. The molecular formula is C52H34N3OP. The van der Waals surface area contributed by atoms with Crippen molar-refractivity contribution in [1.29, 1.82) is 0 Å². The third kappa shape index (κ3) is 5.41. The Hall–Kier alpha value is -7.13. The summed E-state index contributed by atoms with van der Waals surface area (Å²) in [6.07, 6.45) is 0.